The lowest BCUT2D eigenvalue weighted by Gasteiger charge is -2.13. The molecule has 0 aromatic heterocycles. The molecule has 0 amide bonds. The molecule has 0 saturated heterocycles. The first-order valence-corrected chi connectivity index (χ1v) is 7.05. The summed E-state index contributed by atoms with van der Waals surface area (Å²) in [7, 11) is 0. The van der Waals surface area contributed by atoms with Gasteiger partial charge in [0.2, 0.25) is 0 Å². The summed E-state index contributed by atoms with van der Waals surface area (Å²) in [6.45, 7) is 0.368. The Morgan fingerprint density at radius 2 is 2.26 bits per heavy atom. The monoisotopic (exact) mass is 324 g/mol. The lowest BCUT2D eigenvalue weighted by atomic mass is 10.1. The summed E-state index contributed by atoms with van der Waals surface area (Å²) in [6, 6.07) is 6.97. The van der Waals surface area contributed by atoms with Crippen LogP contribution < -0.4 is 4.74 Å². The Bertz CT molecular complexity index is 535. The van der Waals surface area contributed by atoms with E-state index < -0.39 is 4.92 Å². The third-order valence-corrected chi connectivity index (χ3v) is 3.97. The average molecular weight is 325 g/mol. The summed E-state index contributed by atoms with van der Waals surface area (Å²) in [5.74, 6) is 0.283. The summed E-state index contributed by atoms with van der Waals surface area (Å²) in [4.78, 5) is 10.5. The predicted octanol–water partition coefficient (Wildman–Crippen LogP) is 3.56. The Morgan fingerprint density at radius 1 is 1.53 bits per heavy atom. The van der Waals surface area contributed by atoms with E-state index in [4.69, 9.17) is 10.00 Å². The quantitative estimate of drug-likeness (QED) is 0.455. The Labute approximate surface area is 119 Å². The summed E-state index contributed by atoms with van der Waals surface area (Å²) in [5, 5.41) is 20.3. The average Bonchev–Trinajstić information content (AvgIpc) is 3.16. The van der Waals surface area contributed by atoms with Crippen molar-refractivity contribution in [1.82, 2.24) is 0 Å². The highest BCUT2D eigenvalue weighted by Crippen LogP contribution is 2.49. The lowest BCUT2D eigenvalue weighted by Crippen LogP contribution is -2.13. The van der Waals surface area contributed by atoms with Gasteiger partial charge in [-0.2, -0.15) is 5.26 Å². The maximum atomic E-state index is 10.9. The zero-order chi connectivity index (χ0) is 13.9. The van der Waals surface area contributed by atoms with Crippen LogP contribution in [0.3, 0.4) is 0 Å². The standard InChI is InChI=1S/C13H13BrN2O3/c14-8-10-1-2-11(16(17)18)12(7-10)19-9-13(3-4-13)5-6-15/h1-2,7H,3-5,8-9H2. The second kappa shape index (κ2) is 5.57. The van der Waals surface area contributed by atoms with E-state index >= 15 is 0 Å². The van der Waals surface area contributed by atoms with E-state index in [9.17, 15) is 10.1 Å². The van der Waals surface area contributed by atoms with Gasteiger partial charge in [-0.3, -0.25) is 10.1 Å². The highest BCUT2D eigenvalue weighted by Gasteiger charge is 2.43. The number of alkyl halides is 1. The molecule has 0 bridgehead atoms. The molecule has 6 heteroatoms. The summed E-state index contributed by atoms with van der Waals surface area (Å²) >= 11 is 3.31. The van der Waals surface area contributed by atoms with Crippen LogP contribution in [0.1, 0.15) is 24.8 Å². The minimum atomic E-state index is -0.447. The van der Waals surface area contributed by atoms with Crippen molar-refractivity contribution in [2.24, 2.45) is 5.41 Å². The number of nitro groups is 1. The van der Waals surface area contributed by atoms with Crippen LogP contribution in [0, 0.1) is 26.9 Å². The topological polar surface area (TPSA) is 76.2 Å². The number of hydrogen-bond acceptors (Lipinski definition) is 4. The van der Waals surface area contributed by atoms with Gasteiger partial charge >= 0.3 is 5.69 Å². The fraction of sp³-hybridized carbons (Fsp3) is 0.462. The van der Waals surface area contributed by atoms with Gasteiger partial charge in [0.05, 0.1) is 17.6 Å². The number of ether oxygens (including phenoxy) is 1. The van der Waals surface area contributed by atoms with Gasteiger partial charge in [-0.05, 0) is 24.5 Å². The molecule has 0 unspecified atom stereocenters. The summed E-state index contributed by atoms with van der Waals surface area (Å²) in [5.41, 5.74) is 0.802. The third kappa shape index (κ3) is 3.24. The van der Waals surface area contributed by atoms with Gasteiger partial charge in [0.1, 0.15) is 0 Å². The van der Waals surface area contributed by atoms with Crippen molar-refractivity contribution >= 4 is 21.6 Å². The predicted molar refractivity (Wildman–Crippen MR) is 73.1 cm³/mol. The van der Waals surface area contributed by atoms with Crippen LogP contribution in [-0.2, 0) is 5.33 Å². The fourth-order valence-electron chi connectivity index (χ4n) is 1.86. The van der Waals surface area contributed by atoms with Gasteiger partial charge in [0, 0.05) is 23.2 Å². The normalized spacial score (nSPS) is 15.6. The number of nitrogens with zero attached hydrogens (tertiary/aromatic N) is 2. The molecule has 2 rings (SSSR count). The number of nitriles is 1. The van der Waals surface area contributed by atoms with Crippen LogP contribution in [0.15, 0.2) is 18.2 Å². The molecule has 1 saturated carbocycles. The first kappa shape index (κ1) is 13.8. The Morgan fingerprint density at radius 3 is 2.79 bits per heavy atom. The molecule has 1 fully saturated rings. The second-order valence-corrected chi connectivity index (χ2v) is 5.38. The molecule has 0 atom stereocenters. The van der Waals surface area contributed by atoms with Crippen LogP contribution in [0.2, 0.25) is 0 Å². The van der Waals surface area contributed by atoms with E-state index in [0.29, 0.717) is 18.4 Å². The van der Waals surface area contributed by atoms with Crippen molar-refractivity contribution in [3.63, 3.8) is 0 Å². The lowest BCUT2D eigenvalue weighted by molar-refractivity contribution is -0.385. The van der Waals surface area contributed by atoms with Crippen LogP contribution in [-0.4, -0.2) is 11.5 Å². The molecule has 100 valence electrons. The fourth-order valence-corrected chi connectivity index (χ4v) is 2.20. The van der Waals surface area contributed by atoms with Gasteiger partial charge in [-0.1, -0.05) is 22.0 Å². The van der Waals surface area contributed by atoms with Gasteiger partial charge in [0.15, 0.2) is 5.75 Å². The Balaban J connectivity index is 2.14. The minimum Gasteiger partial charge on any atom is -0.486 e. The summed E-state index contributed by atoms with van der Waals surface area (Å²) in [6.07, 6.45) is 2.35. The number of hydrogen-bond donors (Lipinski definition) is 0. The first-order chi connectivity index (χ1) is 9.10. The largest absolute Gasteiger partial charge is 0.486 e. The smallest absolute Gasteiger partial charge is 0.310 e. The van der Waals surface area contributed by atoms with Crippen molar-refractivity contribution in [3.8, 4) is 11.8 Å². The first-order valence-electron chi connectivity index (χ1n) is 5.93. The SMILES string of the molecule is N#CCC1(COc2cc(CBr)ccc2[N+](=O)[O-])CC1. The second-order valence-electron chi connectivity index (χ2n) is 4.82. The molecule has 1 aromatic rings. The van der Waals surface area contributed by atoms with E-state index in [0.717, 1.165) is 18.4 Å². The molecule has 0 spiro atoms. The minimum absolute atomic E-state index is 0.0301. The van der Waals surface area contributed by atoms with Gasteiger partial charge in [-0.15, -0.1) is 0 Å². The number of nitro benzene ring substituents is 1. The molecular weight excluding hydrogens is 312 g/mol. The van der Waals surface area contributed by atoms with Gasteiger partial charge in [0.25, 0.3) is 0 Å². The maximum absolute atomic E-state index is 10.9. The van der Waals surface area contributed by atoms with Crippen LogP contribution in [0.4, 0.5) is 5.69 Å². The van der Waals surface area contributed by atoms with Crippen LogP contribution >= 0.6 is 15.9 Å². The summed E-state index contributed by atoms with van der Waals surface area (Å²) < 4.78 is 5.61. The Hall–Kier alpha value is -1.61. The third-order valence-electron chi connectivity index (χ3n) is 3.32. The van der Waals surface area contributed by atoms with E-state index in [2.05, 4.69) is 22.0 Å². The Kier molecular flexibility index (Phi) is 4.05. The van der Waals surface area contributed by atoms with E-state index in [1.807, 2.05) is 0 Å². The van der Waals surface area contributed by atoms with Crippen molar-refractivity contribution in [1.29, 1.82) is 5.26 Å². The van der Waals surface area contributed by atoms with Crippen molar-refractivity contribution in [2.75, 3.05) is 6.61 Å². The molecule has 0 radical (unpaired) electrons. The van der Waals surface area contributed by atoms with Crippen LogP contribution in [0.25, 0.3) is 0 Å². The molecule has 19 heavy (non-hydrogen) atoms. The highest BCUT2D eigenvalue weighted by molar-refractivity contribution is 9.08. The molecule has 1 aliphatic rings. The molecule has 1 aliphatic carbocycles. The molecule has 0 heterocycles. The van der Waals surface area contributed by atoms with Crippen molar-refractivity contribution in [3.05, 3.63) is 33.9 Å². The molecule has 1 aromatic carbocycles. The van der Waals surface area contributed by atoms with E-state index in [-0.39, 0.29) is 16.9 Å². The molecular formula is C13H13BrN2O3. The molecule has 5 nitrogen and oxygen atoms in total. The molecule has 0 aliphatic heterocycles. The van der Waals surface area contributed by atoms with Crippen molar-refractivity contribution in [2.45, 2.75) is 24.6 Å². The number of rotatable bonds is 6. The highest BCUT2D eigenvalue weighted by atomic mass is 79.9. The van der Waals surface area contributed by atoms with Gasteiger partial charge in [-0.25, -0.2) is 0 Å². The van der Waals surface area contributed by atoms with Gasteiger partial charge < -0.3 is 4.74 Å². The zero-order valence-electron chi connectivity index (χ0n) is 10.3. The van der Waals surface area contributed by atoms with E-state index in [1.165, 1.54) is 6.07 Å². The van der Waals surface area contributed by atoms with E-state index in [1.54, 1.807) is 12.1 Å². The number of halogens is 1. The number of benzene rings is 1. The van der Waals surface area contributed by atoms with Crippen molar-refractivity contribution < 1.29 is 9.66 Å². The zero-order valence-corrected chi connectivity index (χ0v) is 11.9. The maximum Gasteiger partial charge on any atom is 0.310 e. The molecule has 0 N–H and O–H groups in total. The van der Waals surface area contributed by atoms with Crippen LogP contribution in [0.5, 0.6) is 5.75 Å².